The Kier molecular flexibility index (Phi) is 4.89. The lowest BCUT2D eigenvalue weighted by atomic mass is 10.1. The van der Waals surface area contributed by atoms with E-state index in [1.54, 1.807) is 0 Å². The molecule has 1 rings (SSSR count). The minimum Gasteiger partial charge on any atom is -0.498 e. The van der Waals surface area contributed by atoms with Gasteiger partial charge in [-0.15, -0.1) is 0 Å². The molecule has 0 fully saturated rings. The normalized spacial score (nSPS) is 21.2. The van der Waals surface area contributed by atoms with Gasteiger partial charge in [-0.1, -0.05) is 32.6 Å². The zero-order chi connectivity index (χ0) is 8.65. The number of rotatable bonds is 6. The summed E-state index contributed by atoms with van der Waals surface area (Å²) in [4.78, 5) is 0. The second-order valence-corrected chi connectivity index (χ2v) is 3.57. The molecule has 0 aromatic rings. The van der Waals surface area contributed by atoms with Crippen LogP contribution in [0.4, 0.5) is 0 Å². The fourth-order valence-electron chi connectivity index (χ4n) is 1.59. The van der Waals surface area contributed by atoms with Crippen molar-refractivity contribution in [2.24, 2.45) is 0 Å². The van der Waals surface area contributed by atoms with Crippen LogP contribution in [0.1, 0.15) is 51.9 Å². The van der Waals surface area contributed by atoms with Gasteiger partial charge in [0.1, 0.15) is 6.10 Å². The van der Waals surface area contributed by atoms with Crippen LogP contribution >= 0.6 is 0 Å². The Morgan fingerprint density at radius 3 is 2.75 bits per heavy atom. The lowest BCUT2D eigenvalue weighted by Gasteiger charge is -2.08. The average Bonchev–Trinajstić information content (AvgIpc) is 2.57. The molecule has 0 saturated heterocycles. The van der Waals surface area contributed by atoms with Crippen LogP contribution in [0, 0.1) is 0 Å². The third-order valence-corrected chi connectivity index (χ3v) is 2.40. The van der Waals surface area contributed by atoms with E-state index in [2.05, 4.69) is 13.0 Å². The van der Waals surface area contributed by atoms with Gasteiger partial charge < -0.3 is 4.74 Å². The van der Waals surface area contributed by atoms with Crippen LogP contribution in [0.15, 0.2) is 12.3 Å². The first-order valence-corrected chi connectivity index (χ1v) is 5.24. The molecule has 0 N–H and O–H groups in total. The SMILES string of the molecule is CCCCCCCC1CC=CO1. The second-order valence-electron chi connectivity index (χ2n) is 3.57. The zero-order valence-electron chi connectivity index (χ0n) is 8.09. The van der Waals surface area contributed by atoms with Crippen molar-refractivity contribution in [2.45, 2.75) is 58.0 Å². The molecule has 70 valence electrons. The molecule has 0 saturated carbocycles. The second kappa shape index (κ2) is 6.10. The van der Waals surface area contributed by atoms with Gasteiger partial charge in [0.25, 0.3) is 0 Å². The monoisotopic (exact) mass is 168 g/mol. The van der Waals surface area contributed by atoms with Crippen molar-refractivity contribution >= 4 is 0 Å². The van der Waals surface area contributed by atoms with Crippen LogP contribution in [0.3, 0.4) is 0 Å². The molecule has 0 aromatic heterocycles. The molecular weight excluding hydrogens is 148 g/mol. The molecule has 1 atom stereocenters. The van der Waals surface area contributed by atoms with Crippen LogP contribution in [-0.2, 0) is 4.74 Å². The first kappa shape index (κ1) is 9.63. The molecule has 1 aliphatic rings. The highest BCUT2D eigenvalue weighted by Crippen LogP contribution is 2.16. The number of ether oxygens (including phenoxy) is 1. The maximum atomic E-state index is 5.38. The standard InChI is InChI=1S/C11H20O/c1-2-3-4-5-6-8-11-9-7-10-12-11/h7,10-11H,2-6,8-9H2,1H3. The van der Waals surface area contributed by atoms with Crippen molar-refractivity contribution < 1.29 is 4.74 Å². The van der Waals surface area contributed by atoms with Gasteiger partial charge in [-0.05, 0) is 18.9 Å². The molecule has 0 bridgehead atoms. The minimum absolute atomic E-state index is 0.506. The maximum absolute atomic E-state index is 5.38. The van der Waals surface area contributed by atoms with Crippen LogP contribution in [0.2, 0.25) is 0 Å². The lowest BCUT2D eigenvalue weighted by molar-refractivity contribution is 0.157. The summed E-state index contributed by atoms with van der Waals surface area (Å²) >= 11 is 0. The summed E-state index contributed by atoms with van der Waals surface area (Å²) in [6, 6.07) is 0. The molecule has 1 nitrogen and oxygen atoms in total. The van der Waals surface area contributed by atoms with E-state index < -0.39 is 0 Å². The van der Waals surface area contributed by atoms with Crippen LogP contribution in [-0.4, -0.2) is 6.10 Å². The van der Waals surface area contributed by atoms with E-state index >= 15 is 0 Å². The highest BCUT2D eigenvalue weighted by atomic mass is 16.5. The molecule has 0 amide bonds. The van der Waals surface area contributed by atoms with E-state index in [0.717, 1.165) is 6.42 Å². The first-order valence-electron chi connectivity index (χ1n) is 5.24. The summed E-state index contributed by atoms with van der Waals surface area (Å²) in [5.74, 6) is 0. The summed E-state index contributed by atoms with van der Waals surface area (Å²) in [5.41, 5.74) is 0. The van der Waals surface area contributed by atoms with Crippen molar-refractivity contribution in [3.05, 3.63) is 12.3 Å². The van der Waals surface area contributed by atoms with E-state index in [4.69, 9.17) is 4.74 Å². The molecule has 1 heteroatoms. The smallest absolute Gasteiger partial charge is 0.101 e. The van der Waals surface area contributed by atoms with Crippen LogP contribution < -0.4 is 0 Å². The molecule has 1 heterocycles. The molecule has 12 heavy (non-hydrogen) atoms. The number of hydrogen-bond acceptors (Lipinski definition) is 1. The van der Waals surface area contributed by atoms with Gasteiger partial charge in [0, 0.05) is 6.42 Å². The Morgan fingerprint density at radius 1 is 1.25 bits per heavy atom. The predicted octanol–water partition coefficient (Wildman–Crippen LogP) is 3.65. The van der Waals surface area contributed by atoms with E-state index in [9.17, 15) is 0 Å². The Hall–Kier alpha value is -0.460. The van der Waals surface area contributed by atoms with Crippen LogP contribution in [0.25, 0.3) is 0 Å². The highest BCUT2D eigenvalue weighted by molar-refractivity contribution is 4.86. The van der Waals surface area contributed by atoms with Crippen molar-refractivity contribution in [3.63, 3.8) is 0 Å². The van der Waals surface area contributed by atoms with E-state index in [-0.39, 0.29) is 0 Å². The van der Waals surface area contributed by atoms with E-state index in [1.165, 1.54) is 38.5 Å². The summed E-state index contributed by atoms with van der Waals surface area (Å²) in [6.45, 7) is 2.25. The molecule has 1 aliphatic heterocycles. The summed E-state index contributed by atoms with van der Waals surface area (Å²) in [6.07, 6.45) is 13.7. The predicted molar refractivity (Wildman–Crippen MR) is 52.0 cm³/mol. The fraction of sp³-hybridized carbons (Fsp3) is 0.818. The topological polar surface area (TPSA) is 9.23 Å². The summed E-state index contributed by atoms with van der Waals surface area (Å²) in [7, 11) is 0. The Labute approximate surface area is 75.8 Å². The quantitative estimate of drug-likeness (QED) is 0.550. The molecule has 1 unspecified atom stereocenters. The number of hydrogen-bond donors (Lipinski definition) is 0. The highest BCUT2D eigenvalue weighted by Gasteiger charge is 2.09. The molecule has 0 spiro atoms. The van der Waals surface area contributed by atoms with Crippen molar-refractivity contribution in [2.75, 3.05) is 0 Å². The Morgan fingerprint density at radius 2 is 2.08 bits per heavy atom. The zero-order valence-corrected chi connectivity index (χ0v) is 8.09. The largest absolute Gasteiger partial charge is 0.498 e. The van der Waals surface area contributed by atoms with E-state index in [1.807, 2.05) is 6.26 Å². The van der Waals surface area contributed by atoms with Gasteiger partial charge in [-0.25, -0.2) is 0 Å². The molecule has 0 aromatic carbocycles. The van der Waals surface area contributed by atoms with E-state index in [0.29, 0.717) is 6.10 Å². The third-order valence-electron chi connectivity index (χ3n) is 2.40. The first-order chi connectivity index (χ1) is 5.93. The molecular formula is C11H20O. The van der Waals surface area contributed by atoms with Gasteiger partial charge in [0.15, 0.2) is 0 Å². The maximum Gasteiger partial charge on any atom is 0.101 e. The van der Waals surface area contributed by atoms with Crippen molar-refractivity contribution in [1.29, 1.82) is 0 Å². The average molecular weight is 168 g/mol. The van der Waals surface area contributed by atoms with Gasteiger partial charge >= 0.3 is 0 Å². The Bertz CT molecular complexity index is 121. The van der Waals surface area contributed by atoms with Gasteiger partial charge in [0.05, 0.1) is 6.26 Å². The third kappa shape index (κ3) is 3.80. The summed E-state index contributed by atoms with van der Waals surface area (Å²) < 4.78 is 5.38. The van der Waals surface area contributed by atoms with Crippen molar-refractivity contribution in [1.82, 2.24) is 0 Å². The van der Waals surface area contributed by atoms with Gasteiger partial charge in [0.2, 0.25) is 0 Å². The lowest BCUT2D eigenvalue weighted by Crippen LogP contribution is -2.03. The molecule has 0 aliphatic carbocycles. The van der Waals surface area contributed by atoms with Gasteiger partial charge in [-0.2, -0.15) is 0 Å². The minimum atomic E-state index is 0.506. The Balaban J connectivity index is 1.82. The molecule has 0 radical (unpaired) electrons. The van der Waals surface area contributed by atoms with Gasteiger partial charge in [-0.3, -0.25) is 0 Å². The van der Waals surface area contributed by atoms with Crippen molar-refractivity contribution in [3.8, 4) is 0 Å². The fourth-order valence-corrected chi connectivity index (χ4v) is 1.59. The summed E-state index contributed by atoms with van der Waals surface area (Å²) in [5, 5.41) is 0. The van der Waals surface area contributed by atoms with Crippen LogP contribution in [0.5, 0.6) is 0 Å². The number of unbranched alkanes of at least 4 members (excludes halogenated alkanes) is 4.